The van der Waals surface area contributed by atoms with Crippen molar-refractivity contribution >= 4 is 17.2 Å². The standard InChI is InChI=1S/C16H16ClN3O/c1-18-8-12-3-2-4-15(7-12)21-11-14-10-20-9-13(17)5-6-16(20)19-14/h2-7,9-10,18H,8,11H2,1H3. The van der Waals surface area contributed by atoms with Crippen LogP contribution in [0.25, 0.3) is 5.65 Å². The molecule has 0 saturated carbocycles. The monoisotopic (exact) mass is 301 g/mol. The Morgan fingerprint density at radius 2 is 2.14 bits per heavy atom. The van der Waals surface area contributed by atoms with E-state index in [-0.39, 0.29) is 0 Å². The van der Waals surface area contributed by atoms with Gasteiger partial charge in [0.1, 0.15) is 18.0 Å². The second kappa shape index (κ2) is 6.16. The molecule has 5 heteroatoms. The van der Waals surface area contributed by atoms with Gasteiger partial charge in [0.15, 0.2) is 0 Å². The van der Waals surface area contributed by atoms with Crippen LogP contribution in [0.15, 0.2) is 48.8 Å². The summed E-state index contributed by atoms with van der Waals surface area (Å²) in [5, 5.41) is 3.81. The molecule has 3 rings (SSSR count). The largest absolute Gasteiger partial charge is 0.487 e. The predicted molar refractivity (Wildman–Crippen MR) is 83.7 cm³/mol. The number of rotatable bonds is 5. The van der Waals surface area contributed by atoms with E-state index in [4.69, 9.17) is 16.3 Å². The summed E-state index contributed by atoms with van der Waals surface area (Å²) in [5.41, 5.74) is 2.93. The van der Waals surface area contributed by atoms with Crippen LogP contribution in [0.5, 0.6) is 5.75 Å². The van der Waals surface area contributed by atoms with E-state index in [0.717, 1.165) is 23.6 Å². The Balaban J connectivity index is 1.72. The predicted octanol–water partition coefficient (Wildman–Crippen LogP) is 3.29. The third-order valence-electron chi connectivity index (χ3n) is 3.13. The van der Waals surface area contributed by atoms with Crippen LogP contribution in [0, 0.1) is 0 Å². The molecule has 108 valence electrons. The van der Waals surface area contributed by atoms with Crippen molar-refractivity contribution in [2.45, 2.75) is 13.2 Å². The highest BCUT2D eigenvalue weighted by Gasteiger charge is 2.03. The number of halogens is 1. The number of hydrogen-bond donors (Lipinski definition) is 1. The maximum Gasteiger partial charge on any atom is 0.137 e. The van der Waals surface area contributed by atoms with Gasteiger partial charge in [0.2, 0.25) is 0 Å². The summed E-state index contributed by atoms with van der Waals surface area (Å²) >= 11 is 5.96. The Morgan fingerprint density at radius 1 is 1.24 bits per heavy atom. The van der Waals surface area contributed by atoms with Crippen LogP contribution in [0.1, 0.15) is 11.3 Å². The number of aromatic nitrogens is 2. The Bertz CT molecular complexity index is 754. The first-order valence-corrected chi connectivity index (χ1v) is 7.12. The fourth-order valence-electron chi connectivity index (χ4n) is 2.19. The van der Waals surface area contributed by atoms with Crippen molar-refractivity contribution in [1.29, 1.82) is 0 Å². The molecule has 1 aromatic carbocycles. The van der Waals surface area contributed by atoms with Gasteiger partial charge in [0.25, 0.3) is 0 Å². The summed E-state index contributed by atoms with van der Waals surface area (Å²) in [4.78, 5) is 4.49. The maximum absolute atomic E-state index is 5.96. The van der Waals surface area contributed by atoms with Crippen molar-refractivity contribution in [1.82, 2.24) is 14.7 Å². The number of nitrogens with one attached hydrogen (secondary N) is 1. The van der Waals surface area contributed by atoms with Crippen LogP contribution < -0.4 is 10.1 Å². The van der Waals surface area contributed by atoms with Crippen LogP contribution in [-0.4, -0.2) is 16.4 Å². The van der Waals surface area contributed by atoms with Crippen molar-refractivity contribution < 1.29 is 4.74 Å². The average Bonchev–Trinajstić information content (AvgIpc) is 2.88. The number of nitrogens with zero attached hydrogens (tertiary/aromatic N) is 2. The van der Waals surface area contributed by atoms with Gasteiger partial charge in [-0.25, -0.2) is 4.98 Å². The lowest BCUT2D eigenvalue weighted by Crippen LogP contribution is -2.05. The quantitative estimate of drug-likeness (QED) is 0.786. The molecule has 0 bridgehead atoms. The molecule has 0 aliphatic heterocycles. The average molecular weight is 302 g/mol. The molecule has 0 aliphatic rings. The van der Waals surface area contributed by atoms with Gasteiger partial charge in [0.05, 0.1) is 10.7 Å². The van der Waals surface area contributed by atoms with Crippen molar-refractivity contribution in [3.8, 4) is 5.75 Å². The number of benzene rings is 1. The molecule has 4 nitrogen and oxygen atoms in total. The van der Waals surface area contributed by atoms with Crippen molar-refractivity contribution in [2.75, 3.05) is 7.05 Å². The molecule has 0 atom stereocenters. The second-order valence-electron chi connectivity index (χ2n) is 4.81. The van der Waals surface area contributed by atoms with E-state index in [1.165, 1.54) is 5.56 Å². The first kappa shape index (κ1) is 13.9. The smallest absolute Gasteiger partial charge is 0.137 e. The zero-order valence-electron chi connectivity index (χ0n) is 11.7. The molecule has 0 radical (unpaired) electrons. The van der Waals surface area contributed by atoms with E-state index in [1.807, 2.05) is 54.2 Å². The van der Waals surface area contributed by atoms with E-state index in [0.29, 0.717) is 11.6 Å². The molecule has 21 heavy (non-hydrogen) atoms. The van der Waals surface area contributed by atoms with Crippen LogP contribution in [0.4, 0.5) is 0 Å². The Labute approximate surface area is 128 Å². The number of hydrogen-bond acceptors (Lipinski definition) is 3. The van der Waals surface area contributed by atoms with Gasteiger partial charge in [-0.2, -0.15) is 0 Å². The summed E-state index contributed by atoms with van der Waals surface area (Å²) in [5.74, 6) is 0.845. The molecule has 3 aromatic rings. The third kappa shape index (κ3) is 3.35. The minimum Gasteiger partial charge on any atom is -0.487 e. The Hall–Kier alpha value is -2.04. The van der Waals surface area contributed by atoms with Gasteiger partial charge >= 0.3 is 0 Å². The summed E-state index contributed by atoms with van der Waals surface area (Å²) in [6, 6.07) is 11.8. The number of pyridine rings is 1. The van der Waals surface area contributed by atoms with Gasteiger partial charge in [-0.15, -0.1) is 0 Å². The topological polar surface area (TPSA) is 38.6 Å². The third-order valence-corrected chi connectivity index (χ3v) is 3.35. The molecule has 1 N–H and O–H groups in total. The zero-order valence-corrected chi connectivity index (χ0v) is 12.5. The molecule has 0 amide bonds. The van der Waals surface area contributed by atoms with E-state index in [9.17, 15) is 0 Å². The van der Waals surface area contributed by atoms with Gasteiger partial charge in [0, 0.05) is 18.9 Å². The minimum absolute atomic E-state index is 0.433. The normalized spacial score (nSPS) is 11.0. The van der Waals surface area contributed by atoms with Gasteiger partial charge < -0.3 is 14.5 Å². The second-order valence-corrected chi connectivity index (χ2v) is 5.25. The molecular formula is C16H16ClN3O. The van der Waals surface area contributed by atoms with Gasteiger partial charge in [-0.1, -0.05) is 23.7 Å². The molecular weight excluding hydrogens is 286 g/mol. The van der Waals surface area contributed by atoms with Crippen LogP contribution in [0.3, 0.4) is 0 Å². The molecule has 2 heterocycles. The first-order chi connectivity index (χ1) is 10.2. The fourth-order valence-corrected chi connectivity index (χ4v) is 2.36. The van der Waals surface area contributed by atoms with Gasteiger partial charge in [-0.3, -0.25) is 0 Å². The van der Waals surface area contributed by atoms with Crippen molar-refractivity contribution in [3.05, 3.63) is 65.1 Å². The molecule has 0 aliphatic carbocycles. The van der Waals surface area contributed by atoms with Crippen LogP contribution in [0.2, 0.25) is 5.02 Å². The number of imidazole rings is 1. The maximum atomic E-state index is 5.96. The van der Waals surface area contributed by atoms with E-state index >= 15 is 0 Å². The number of fused-ring (bicyclic) bond motifs is 1. The lowest BCUT2D eigenvalue weighted by molar-refractivity contribution is 0.301. The summed E-state index contributed by atoms with van der Waals surface area (Å²) in [6.07, 6.45) is 3.76. The van der Waals surface area contributed by atoms with E-state index < -0.39 is 0 Å². The highest BCUT2D eigenvalue weighted by molar-refractivity contribution is 6.30. The molecule has 0 saturated heterocycles. The molecule has 0 fully saturated rings. The Morgan fingerprint density at radius 3 is 3.00 bits per heavy atom. The molecule has 2 aromatic heterocycles. The lowest BCUT2D eigenvalue weighted by Gasteiger charge is -2.06. The Kier molecular flexibility index (Phi) is 4.08. The zero-order chi connectivity index (χ0) is 14.7. The first-order valence-electron chi connectivity index (χ1n) is 6.74. The minimum atomic E-state index is 0.433. The van der Waals surface area contributed by atoms with E-state index in [2.05, 4.69) is 16.4 Å². The molecule has 0 unspecified atom stereocenters. The van der Waals surface area contributed by atoms with Crippen LogP contribution >= 0.6 is 11.6 Å². The summed E-state index contributed by atoms with van der Waals surface area (Å²) < 4.78 is 7.70. The lowest BCUT2D eigenvalue weighted by atomic mass is 10.2. The molecule has 0 spiro atoms. The van der Waals surface area contributed by atoms with Crippen molar-refractivity contribution in [3.63, 3.8) is 0 Å². The highest BCUT2D eigenvalue weighted by Crippen LogP contribution is 2.16. The summed E-state index contributed by atoms with van der Waals surface area (Å²) in [7, 11) is 1.93. The summed E-state index contributed by atoms with van der Waals surface area (Å²) in [6.45, 7) is 1.26. The van der Waals surface area contributed by atoms with Crippen LogP contribution in [-0.2, 0) is 13.2 Å². The fraction of sp³-hybridized carbons (Fsp3) is 0.188. The number of ether oxygens (including phenoxy) is 1. The van der Waals surface area contributed by atoms with Crippen molar-refractivity contribution in [2.24, 2.45) is 0 Å². The van der Waals surface area contributed by atoms with Gasteiger partial charge in [-0.05, 0) is 36.9 Å². The highest BCUT2D eigenvalue weighted by atomic mass is 35.5. The van der Waals surface area contributed by atoms with E-state index in [1.54, 1.807) is 0 Å². The SMILES string of the molecule is CNCc1cccc(OCc2cn3cc(Cl)ccc3n2)c1.